The molecule has 1 amide bonds. The highest BCUT2D eigenvalue weighted by molar-refractivity contribution is 7.89. The summed E-state index contributed by atoms with van der Waals surface area (Å²) >= 11 is 1.49. The molecule has 0 radical (unpaired) electrons. The van der Waals surface area contributed by atoms with Crippen molar-refractivity contribution in [1.29, 1.82) is 0 Å². The van der Waals surface area contributed by atoms with Gasteiger partial charge in [-0.05, 0) is 35.7 Å². The van der Waals surface area contributed by atoms with E-state index in [4.69, 9.17) is 0 Å². The molecule has 1 aliphatic heterocycles. The molecule has 0 saturated carbocycles. The molecule has 0 atom stereocenters. The smallest absolute Gasteiger partial charge is 0.340 e. The van der Waals surface area contributed by atoms with E-state index in [1.54, 1.807) is 4.90 Å². The molecule has 146 valence electrons. The lowest BCUT2D eigenvalue weighted by Crippen LogP contribution is -2.50. The summed E-state index contributed by atoms with van der Waals surface area (Å²) in [4.78, 5) is 14.6. The van der Waals surface area contributed by atoms with Gasteiger partial charge in [0.05, 0.1) is 16.9 Å². The fourth-order valence-corrected chi connectivity index (χ4v) is 4.93. The third kappa shape index (κ3) is 4.50. The van der Waals surface area contributed by atoms with Crippen LogP contribution in [0.3, 0.4) is 0 Å². The van der Waals surface area contributed by atoms with Crippen LogP contribution in [0.5, 0.6) is 0 Å². The number of carbonyl (C=O) groups excluding carboxylic acids is 1. The summed E-state index contributed by atoms with van der Waals surface area (Å²) in [7, 11) is -3.89. The SMILES string of the molecule is O=C(Cc1cccs1)N1CCN(S(=O)(=O)c2ccc(C(F)(F)F)cc2)CC1. The molecule has 0 bridgehead atoms. The number of nitrogens with zero attached hydrogens (tertiary/aromatic N) is 2. The van der Waals surface area contributed by atoms with Gasteiger partial charge in [-0.15, -0.1) is 11.3 Å². The molecule has 1 fully saturated rings. The maximum absolute atomic E-state index is 12.6. The second-order valence-corrected chi connectivity index (χ2v) is 9.03. The van der Waals surface area contributed by atoms with Crippen molar-refractivity contribution in [2.75, 3.05) is 26.2 Å². The van der Waals surface area contributed by atoms with E-state index in [9.17, 15) is 26.4 Å². The van der Waals surface area contributed by atoms with Crippen LogP contribution in [-0.4, -0.2) is 49.7 Å². The zero-order chi connectivity index (χ0) is 19.7. The molecular formula is C17H17F3N2O3S2. The van der Waals surface area contributed by atoms with E-state index in [0.717, 1.165) is 29.1 Å². The van der Waals surface area contributed by atoms with Crippen molar-refractivity contribution in [2.45, 2.75) is 17.5 Å². The van der Waals surface area contributed by atoms with E-state index in [0.29, 0.717) is 0 Å². The molecule has 0 spiro atoms. The van der Waals surface area contributed by atoms with Crippen molar-refractivity contribution in [2.24, 2.45) is 0 Å². The monoisotopic (exact) mass is 418 g/mol. The lowest BCUT2D eigenvalue weighted by Gasteiger charge is -2.34. The molecule has 1 aromatic heterocycles. The molecule has 1 aromatic carbocycles. The molecule has 5 nitrogen and oxygen atoms in total. The van der Waals surface area contributed by atoms with Crippen LogP contribution in [0.1, 0.15) is 10.4 Å². The molecule has 0 aliphatic carbocycles. The number of amides is 1. The predicted octanol–water partition coefficient (Wildman–Crippen LogP) is 2.84. The first-order valence-electron chi connectivity index (χ1n) is 8.15. The van der Waals surface area contributed by atoms with E-state index in [2.05, 4.69) is 0 Å². The Bertz CT molecular complexity index is 887. The van der Waals surface area contributed by atoms with E-state index in [-0.39, 0.29) is 43.4 Å². The van der Waals surface area contributed by atoms with Crippen molar-refractivity contribution < 1.29 is 26.4 Å². The maximum Gasteiger partial charge on any atom is 0.416 e. The molecular weight excluding hydrogens is 401 g/mol. The number of sulfonamides is 1. The topological polar surface area (TPSA) is 57.7 Å². The fraction of sp³-hybridized carbons (Fsp3) is 0.353. The number of carbonyl (C=O) groups is 1. The average molecular weight is 418 g/mol. The van der Waals surface area contributed by atoms with Gasteiger partial charge in [0.25, 0.3) is 0 Å². The molecule has 10 heteroatoms. The van der Waals surface area contributed by atoms with Crippen molar-refractivity contribution in [3.8, 4) is 0 Å². The van der Waals surface area contributed by atoms with E-state index in [1.165, 1.54) is 15.6 Å². The van der Waals surface area contributed by atoms with Crippen LogP contribution in [0, 0.1) is 0 Å². The highest BCUT2D eigenvalue weighted by atomic mass is 32.2. The third-order valence-electron chi connectivity index (χ3n) is 4.32. The molecule has 1 saturated heterocycles. The van der Waals surface area contributed by atoms with Crippen molar-refractivity contribution in [3.05, 3.63) is 52.2 Å². The second kappa shape index (κ2) is 7.61. The summed E-state index contributed by atoms with van der Waals surface area (Å²) in [5, 5.41) is 1.89. The fourth-order valence-electron chi connectivity index (χ4n) is 2.82. The van der Waals surface area contributed by atoms with Crippen LogP contribution in [-0.2, 0) is 27.4 Å². The van der Waals surface area contributed by atoms with Crippen molar-refractivity contribution in [1.82, 2.24) is 9.21 Å². The van der Waals surface area contributed by atoms with Gasteiger partial charge in [0.1, 0.15) is 0 Å². The van der Waals surface area contributed by atoms with Crippen LogP contribution in [0.2, 0.25) is 0 Å². The summed E-state index contributed by atoms with van der Waals surface area (Å²) in [6.45, 7) is 0.729. The Morgan fingerprint density at radius 3 is 2.19 bits per heavy atom. The maximum atomic E-state index is 12.6. The van der Waals surface area contributed by atoms with Gasteiger partial charge >= 0.3 is 6.18 Å². The Balaban J connectivity index is 1.63. The molecule has 2 aromatic rings. The van der Waals surface area contributed by atoms with E-state index >= 15 is 0 Å². The summed E-state index contributed by atoms with van der Waals surface area (Å²) in [6, 6.07) is 7.18. The Hall–Kier alpha value is -1.91. The molecule has 3 rings (SSSR count). The number of benzene rings is 1. The highest BCUT2D eigenvalue weighted by Crippen LogP contribution is 2.30. The normalized spacial score (nSPS) is 16.5. The summed E-state index contributed by atoms with van der Waals surface area (Å²) in [5.41, 5.74) is -0.898. The lowest BCUT2D eigenvalue weighted by atomic mass is 10.2. The van der Waals surface area contributed by atoms with Gasteiger partial charge < -0.3 is 4.90 Å². The minimum absolute atomic E-state index is 0.0657. The second-order valence-electron chi connectivity index (χ2n) is 6.06. The quantitative estimate of drug-likeness (QED) is 0.767. The van der Waals surface area contributed by atoms with Crippen LogP contribution in [0.15, 0.2) is 46.7 Å². The van der Waals surface area contributed by atoms with Gasteiger partial charge in [-0.3, -0.25) is 4.79 Å². The largest absolute Gasteiger partial charge is 0.416 e. The molecule has 0 unspecified atom stereocenters. The third-order valence-corrected chi connectivity index (χ3v) is 7.11. The first-order valence-corrected chi connectivity index (χ1v) is 10.5. The Labute approximate surface area is 159 Å². The average Bonchev–Trinajstić information content (AvgIpc) is 3.14. The van der Waals surface area contributed by atoms with E-state index < -0.39 is 21.8 Å². The zero-order valence-corrected chi connectivity index (χ0v) is 15.8. The molecule has 0 N–H and O–H groups in total. The number of alkyl halides is 3. The number of hydrogen-bond donors (Lipinski definition) is 0. The van der Waals surface area contributed by atoms with Crippen LogP contribution < -0.4 is 0 Å². The number of rotatable bonds is 4. The van der Waals surface area contributed by atoms with Crippen LogP contribution >= 0.6 is 11.3 Å². The summed E-state index contributed by atoms with van der Waals surface area (Å²) < 4.78 is 64.3. The van der Waals surface area contributed by atoms with Gasteiger partial charge in [0, 0.05) is 31.1 Å². The molecule has 1 aliphatic rings. The molecule has 27 heavy (non-hydrogen) atoms. The Morgan fingerprint density at radius 1 is 1.04 bits per heavy atom. The number of hydrogen-bond acceptors (Lipinski definition) is 4. The summed E-state index contributed by atoms with van der Waals surface area (Å²) in [6.07, 6.45) is -4.24. The lowest BCUT2D eigenvalue weighted by molar-refractivity contribution is -0.137. The minimum Gasteiger partial charge on any atom is -0.340 e. The van der Waals surface area contributed by atoms with Gasteiger partial charge in [-0.25, -0.2) is 8.42 Å². The van der Waals surface area contributed by atoms with Crippen molar-refractivity contribution in [3.63, 3.8) is 0 Å². The van der Waals surface area contributed by atoms with Gasteiger partial charge in [-0.2, -0.15) is 17.5 Å². The first-order chi connectivity index (χ1) is 12.7. The highest BCUT2D eigenvalue weighted by Gasteiger charge is 2.33. The standard InChI is InChI=1S/C17H17F3N2O3S2/c18-17(19,20)13-3-5-15(6-4-13)27(24,25)22-9-7-21(8-10-22)16(23)12-14-2-1-11-26-14/h1-6,11H,7-10,12H2. The summed E-state index contributed by atoms with van der Waals surface area (Å²) in [5.74, 6) is -0.0657. The van der Waals surface area contributed by atoms with Gasteiger partial charge in [-0.1, -0.05) is 6.07 Å². The number of thiophene rings is 1. The van der Waals surface area contributed by atoms with Gasteiger partial charge in [0.2, 0.25) is 15.9 Å². The molecule has 2 heterocycles. The number of halogens is 3. The Kier molecular flexibility index (Phi) is 5.59. The predicted molar refractivity (Wildman–Crippen MR) is 94.8 cm³/mol. The van der Waals surface area contributed by atoms with Crippen LogP contribution in [0.4, 0.5) is 13.2 Å². The van der Waals surface area contributed by atoms with Crippen LogP contribution in [0.25, 0.3) is 0 Å². The van der Waals surface area contributed by atoms with Crippen molar-refractivity contribution >= 4 is 27.3 Å². The van der Waals surface area contributed by atoms with Gasteiger partial charge in [0.15, 0.2) is 0 Å². The zero-order valence-electron chi connectivity index (χ0n) is 14.1. The number of piperazine rings is 1. The van der Waals surface area contributed by atoms with E-state index in [1.807, 2.05) is 17.5 Å². The minimum atomic E-state index is -4.52. The first kappa shape index (κ1) is 19.8. The Morgan fingerprint density at radius 2 is 1.67 bits per heavy atom.